The van der Waals surface area contributed by atoms with E-state index in [-0.39, 0.29) is 5.91 Å². The van der Waals surface area contributed by atoms with Gasteiger partial charge in [-0.2, -0.15) is 0 Å². The Labute approximate surface area is 165 Å². The van der Waals surface area contributed by atoms with Crippen LogP contribution in [0, 0.1) is 6.92 Å². The fourth-order valence-corrected chi connectivity index (χ4v) is 3.68. The maximum Gasteiger partial charge on any atom is 0.246 e. The molecule has 1 saturated heterocycles. The van der Waals surface area contributed by atoms with Gasteiger partial charge in [-0.05, 0) is 50.2 Å². The van der Waals surface area contributed by atoms with Crippen LogP contribution in [-0.4, -0.2) is 53.4 Å². The molecule has 0 atom stereocenters. The van der Waals surface area contributed by atoms with E-state index in [4.69, 9.17) is 4.74 Å². The smallest absolute Gasteiger partial charge is 0.246 e. The number of hydrogen-bond donors (Lipinski definition) is 0. The minimum Gasteiger partial charge on any atom is -0.487 e. The van der Waals surface area contributed by atoms with Gasteiger partial charge in [0.1, 0.15) is 12.4 Å². The number of likely N-dealkylation sites (N-methyl/N-ethyl adjacent to an activating group) is 1. The van der Waals surface area contributed by atoms with Crippen LogP contribution in [-0.2, 0) is 11.4 Å². The van der Waals surface area contributed by atoms with Gasteiger partial charge in [0.15, 0.2) is 0 Å². The van der Waals surface area contributed by atoms with Crippen molar-refractivity contribution in [2.24, 2.45) is 0 Å². The number of rotatable bonds is 6. The highest BCUT2D eigenvalue weighted by atomic mass is 32.1. The maximum atomic E-state index is 12.4. The van der Waals surface area contributed by atoms with Gasteiger partial charge in [-0.25, -0.2) is 4.98 Å². The Morgan fingerprint density at radius 2 is 2.04 bits per heavy atom. The molecule has 27 heavy (non-hydrogen) atoms. The molecule has 0 bridgehead atoms. The van der Waals surface area contributed by atoms with Crippen molar-refractivity contribution in [2.45, 2.75) is 26.9 Å². The molecule has 3 rings (SSSR count). The van der Waals surface area contributed by atoms with Gasteiger partial charge in [-0.1, -0.05) is 19.1 Å². The molecule has 1 aromatic carbocycles. The lowest BCUT2D eigenvalue weighted by atomic mass is 10.2. The zero-order chi connectivity index (χ0) is 19.1. The van der Waals surface area contributed by atoms with E-state index in [1.54, 1.807) is 17.4 Å². The first kappa shape index (κ1) is 19.6. The summed E-state index contributed by atoms with van der Waals surface area (Å²) >= 11 is 1.63. The molecule has 1 amide bonds. The summed E-state index contributed by atoms with van der Waals surface area (Å²) in [5.41, 5.74) is 1.94. The van der Waals surface area contributed by atoms with Gasteiger partial charge in [0.05, 0.1) is 10.7 Å². The molecule has 5 nitrogen and oxygen atoms in total. The van der Waals surface area contributed by atoms with Crippen LogP contribution in [0.3, 0.4) is 0 Å². The van der Waals surface area contributed by atoms with Gasteiger partial charge in [0.25, 0.3) is 0 Å². The largest absolute Gasteiger partial charge is 0.487 e. The minimum absolute atomic E-state index is 0.0900. The van der Waals surface area contributed by atoms with Gasteiger partial charge in [-0.3, -0.25) is 4.79 Å². The summed E-state index contributed by atoms with van der Waals surface area (Å²) < 4.78 is 5.76. The van der Waals surface area contributed by atoms with E-state index < -0.39 is 0 Å². The molecule has 2 aromatic rings. The highest BCUT2D eigenvalue weighted by Crippen LogP contribution is 2.16. The van der Waals surface area contributed by atoms with E-state index in [1.165, 1.54) is 0 Å². The molecule has 0 saturated carbocycles. The van der Waals surface area contributed by atoms with Crippen molar-refractivity contribution in [1.29, 1.82) is 0 Å². The van der Waals surface area contributed by atoms with Gasteiger partial charge >= 0.3 is 0 Å². The predicted molar refractivity (Wildman–Crippen MR) is 110 cm³/mol. The Morgan fingerprint density at radius 1 is 1.22 bits per heavy atom. The van der Waals surface area contributed by atoms with Crippen LogP contribution in [0.5, 0.6) is 5.75 Å². The normalized spacial score (nSPS) is 15.9. The second-order valence-electron chi connectivity index (χ2n) is 6.66. The quantitative estimate of drug-likeness (QED) is 0.713. The summed E-state index contributed by atoms with van der Waals surface area (Å²) in [7, 11) is 0. The second-order valence-corrected chi connectivity index (χ2v) is 7.72. The van der Waals surface area contributed by atoms with Crippen molar-refractivity contribution in [3.63, 3.8) is 0 Å². The topological polar surface area (TPSA) is 45.7 Å². The van der Waals surface area contributed by atoms with Gasteiger partial charge in [-0.15, -0.1) is 11.3 Å². The van der Waals surface area contributed by atoms with Crippen molar-refractivity contribution < 1.29 is 9.53 Å². The number of aromatic nitrogens is 1. The third-order valence-electron chi connectivity index (χ3n) is 4.70. The fraction of sp³-hybridized carbons (Fsp3) is 0.429. The van der Waals surface area contributed by atoms with Crippen molar-refractivity contribution >= 4 is 23.3 Å². The van der Waals surface area contributed by atoms with Crippen LogP contribution in [0.15, 0.2) is 35.7 Å². The number of carbonyl (C=O) groups is 1. The predicted octanol–water partition coefficient (Wildman–Crippen LogP) is 3.60. The first-order valence-corrected chi connectivity index (χ1v) is 10.3. The summed E-state index contributed by atoms with van der Waals surface area (Å²) in [5.74, 6) is 0.892. The zero-order valence-electron chi connectivity index (χ0n) is 16.1. The molecule has 0 spiro atoms. The Morgan fingerprint density at radius 3 is 2.74 bits per heavy atom. The molecule has 0 radical (unpaired) electrons. The van der Waals surface area contributed by atoms with E-state index in [2.05, 4.69) is 16.8 Å². The molecule has 0 aliphatic carbocycles. The number of thiazole rings is 1. The van der Waals surface area contributed by atoms with Gasteiger partial charge in [0, 0.05) is 31.1 Å². The monoisotopic (exact) mass is 385 g/mol. The summed E-state index contributed by atoms with van der Waals surface area (Å²) in [5, 5.41) is 3.06. The lowest BCUT2D eigenvalue weighted by Crippen LogP contribution is -2.34. The summed E-state index contributed by atoms with van der Waals surface area (Å²) in [6, 6.07) is 7.78. The Kier molecular flexibility index (Phi) is 7.01. The molecule has 1 aliphatic heterocycles. The van der Waals surface area contributed by atoms with Crippen molar-refractivity contribution in [3.8, 4) is 5.75 Å². The highest BCUT2D eigenvalue weighted by molar-refractivity contribution is 7.09. The highest BCUT2D eigenvalue weighted by Gasteiger charge is 2.16. The molecule has 1 aliphatic rings. The van der Waals surface area contributed by atoms with E-state index in [0.29, 0.717) is 6.61 Å². The molecule has 144 valence electrons. The van der Waals surface area contributed by atoms with Crippen LogP contribution >= 0.6 is 11.3 Å². The lowest BCUT2D eigenvalue weighted by Gasteiger charge is -2.19. The number of ether oxygens (including phenoxy) is 1. The lowest BCUT2D eigenvalue weighted by molar-refractivity contribution is -0.125. The van der Waals surface area contributed by atoms with Gasteiger partial charge < -0.3 is 14.5 Å². The summed E-state index contributed by atoms with van der Waals surface area (Å²) in [6.45, 7) is 9.36. The van der Waals surface area contributed by atoms with Crippen LogP contribution in [0.2, 0.25) is 0 Å². The average molecular weight is 386 g/mol. The molecule has 0 N–H and O–H groups in total. The minimum atomic E-state index is 0.0900. The van der Waals surface area contributed by atoms with E-state index in [9.17, 15) is 4.79 Å². The Balaban J connectivity index is 1.50. The third kappa shape index (κ3) is 5.91. The van der Waals surface area contributed by atoms with Crippen LogP contribution in [0.1, 0.15) is 29.6 Å². The van der Waals surface area contributed by atoms with Crippen LogP contribution in [0.4, 0.5) is 0 Å². The average Bonchev–Trinajstić information content (AvgIpc) is 2.96. The first-order valence-electron chi connectivity index (χ1n) is 9.47. The summed E-state index contributed by atoms with van der Waals surface area (Å²) in [6.07, 6.45) is 4.59. The molecule has 6 heteroatoms. The SMILES string of the molecule is CCN1CCCN(C(=O)C=Cc2ccc(OCc3csc(C)n3)cc2)CC1. The van der Waals surface area contributed by atoms with Gasteiger partial charge in [0.2, 0.25) is 5.91 Å². The molecule has 1 fully saturated rings. The third-order valence-corrected chi connectivity index (χ3v) is 5.52. The molecule has 0 unspecified atom stereocenters. The Hall–Kier alpha value is -2.18. The molecule has 2 heterocycles. The number of carbonyl (C=O) groups excluding carboxylic acids is 1. The number of benzene rings is 1. The van der Waals surface area contributed by atoms with Crippen molar-refractivity contribution in [3.05, 3.63) is 52.0 Å². The Bertz CT molecular complexity index is 770. The van der Waals surface area contributed by atoms with Crippen molar-refractivity contribution in [1.82, 2.24) is 14.8 Å². The number of hydrogen-bond acceptors (Lipinski definition) is 5. The fourth-order valence-electron chi connectivity index (χ4n) is 3.09. The maximum absolute atomic E-state index is 12.4. The molecular formula is C21H27N3O2S. The molecular weight excluding hydrogens is 358 g/mol. The zero-order valence-corrected chi connectivity index (χ0v) is 16.9. The van der Waals surface area contributed by atoms with E-state index >= 15 is 0 Å². The number of nitrogens with zero attached hydrogens (tertiary/aromatic N) is 3. The van der Waals surface area contributed by atoms with Crippen LogP contribution < -0.4 is 4.74 Å². The number of aryl methyl sites for hydroxylation is 1. The second kappa shape index (κ2) is 9.67. The first-order chi connectivity index (χ1) is 13.1. The standard InChI is InChI=1S/C21H27N3O2S/c1-3-23-11-4-12-24(14-13-23)21(25)10-7-18-5-8-20(9-6-18)26-15-19-16-27-17(2)22-19/h5-10,16H,3-4,11-15H2,1-2H3. The van der Waals surface area contributed by atoms with E-state index in [0.717, 1.165) is 61.2 Å². The van der Waals surface area contributed by atoms with E-state index in [1.807, 2.05) is 47.5 Å². The summed E-state index contributed by atoms with van der Waals surface area (Å²) in [4.78, 5) is 21.2. The molecule has 1 aromatic heterocycles. The van der Waals surface area contributed by atoms with Crippen molar-refractivity contribution in [2.75, 3.05) is 32.7 Å². The number of amides is 1. The van der Waals surface area contributed by atoms with Crippen LogP contribution in [0.25, 0.3) is 6.08 Å².